The fraction of sp³-hybridized carbons (Fsp3) is 0.0769. The van der Waals surface area contributed by atoms with Crippen LogP contribution >= 0.6 is 0 Å². The number of nitrogens with zero attached hydrogens (tertiary/aromatic N) is 12. The third-order valence-corrected chi connectivity index (χ3v) is 8.63. The minimum absolute atomic E-state index is 0.208. The largest absolute Gasteiger partial charge is 0.416 e. The summed E-state index contributed by atoms with van der Waals surface area (Å²) < 4.78 is 34.2. The third-order valence-electron chi connectivity index (χ3n) is 8.63. The fourth-order valence-corrected chi connectivity index (χ4v) is 5.99. The monoisotopic (exact) mass is 756 g/mol. The lowest BCUT2D eigenvalue weighted by atomic mass is 10.1. The van der Waals surface area contributed by atoms with Crippen LogP contribution in [0.3, 0.4) is 0 Å². The Bertz CT molecular complexity index is 2730. The highest BCUT2D eigenvalue weighted by molar-refractivity contribution is 5.75. The molecule has 276 valence electrons. The quantitative estimate of drug-likeness (QED) is 0.136. The molecule has 0 spiro atoms. The van der Waals surface area contributed by atoms with Gasteiger partial charge in [0, 0.05) is 70.8 Å². The Hall–Kier alpha value is -8.28. The average molecular weight is 757 g/mol. The van der Waals surface area contributed by atoms with Crippen molar-refractivity contribution >= 4 is 0 Å². The Morgan fingerprint density at radius 2 is 0.561 bits per heavy atom. The van der Waals surface area contributed by atoms with Crippen LogP contribution in [-0.4, -0.2) is 61.0 Å². The van der Waals surface area contributed by atoms with Crippen LogP contribution in [-0.2, 0) is 0 Å². The maximum absolute atomic E-state index is 6.24. The summed E-state index contributed by atoms with van der Waals surface area (Å²) in [4.78, 5) is 13.0. The number of benzene rings is 4. The molecule has 18 nitrogen and oxygen atoms in total. The highest BCUT2D eigenvalue weighted by Crippen LogP contribution is 2.36. The van der Waals surface area contributed by atoms with Crippen LogP contribution in [0.4, 0.5) is 0 Å². The van der Waals surface area contributed by atoms with Gasteiger partial charge in [-0.2, -0.15) is 15.0 Å². The molecular formula is C39H24N12O6. The molecule has 4 aromatic carbocycles. The number of aromatic nitrogens is 12. The molecule has 0 radical (unpaired) electrons. The van der Waals surface area contributed by atoms with Gasteiger partial charge in [-0.1, -0.05) is 51.9 Å². The highest BCUT2D eigenvalue weighted by Gasteiger charge is 2.21. The molecule has 0 bridgehead atoms. The molecular weight excluding hydrogens is 733 g/mol. The van der Waals surface area contributed by atoms with Gasteiger partial charge >= 0.3 is 0 Å². The number of rotatable bonds is 9. The summed E-state index contributed by atoms with van der Waals surface area (Å²) in [6.45, 7) is 5.18. The Kier molecular flexibility index (Phi) is 7.91. The van der Waals surface area contributed by atoms with E-state index in [1.807, 2.05) is 72.8 Å². The Morgan fingerprint density at radius 3 is 0.825 bits per heavy atom. The number of hydrogen-bond acceptors (Lipinski definition) is 18. The molecule has 0 fully saturated rings. The van der Waals surface area contributed by atoms with Crippen LogP contribution in [0.1, 0.15) is 17.7 Å². The third kappa shape index (κ3) is 6.52. The summed E-state index contributed by atoms with van der Waals surface area (Å²) in [7, 11) is 0. The van der Waals surface area contributed by atoms with E-state index < -0.39 is 0 Å². The summed E-state index contributed by atoms with van der Waals surface area (Å²) in [5.41, 5.74) is 5.72. The van der Waals surface area contributed by atoms with Crippen molar-refractivity contribution in [3.05, 3.63) is 109 Å². The van der Waals surface area contributed by atoms with Crippen molar-refractivity contribution in [2.24, 2.45) is 0 Å². The molecule has 18 heteroatoms. The summed E-state index contributed by atoms with van der Waals surface area (Å²) in [5.74, 6) is 4.12. The summed E-state index contributed by atoms with van der Waals surface area (Å²) in [6.07, 6.45) is 0. The summed E-state index contributed by atoms with van der Waals surface area (Å²) in [5, 5.41) is 38.3. The lowest BCUT2D eigenvalue weighted by Crippen LogP contribution is -1.87. The van der Waals surface area contributed by atoms with Gasteiger partial charge < -0.3 is 26.8 Å². The molecule has 0 saturated carbocycles. The standard InChI is InChI=1S/C39H24N12O6/c1-19-40-31(49-55-19)22-7-4-10-25(13-22)34-43-46-37(52-34)28-16-29(38-47-44-35(53-38)26-11-5-8-23(14-26)32-41-20(2)56-50-32)18-30(17-28)39-48-45-36(54-39)27-12-6-9-24(15-27)33-42-21(3)57-51-33/h4-18H,1-3H3. The molecule has 0 saturated heterocycles. The van der Waals surface area contributed by atoms with Gasteiger partial charge in [-0.05, 0) is 54.6 Å². The van der Waals surface area contributed by atoms with Crippen LogP contribution in [0.15, 0.2) is 118 Å². The zero-order chi connectivity index (χ0) is 38.5. The van der Waals surface area contributed by atoms with Crippen molar-refractivity contribution < 1.29 is 26.8 Å². The van der Waals surface area contributed by atoms with Crippen molar-refractivity contribution in [2.45, 2.75) is 20.8 Å². The smallest absolute Gasteiger partial charge is 0.248 e. The highest BCUT2D eigenvalue weighted by atomic mass is 16.5. The minimum atomic E-state index is 0.208. The van der Waals surface area contributed by atoms with E-state index in [0.29, 0.717) is 68.5 Å². The normalized spacial score (nSPS) is 11.4. The van der Waals surface area contributed by atoms with Gasteiger partial charge in [0.2, 0.25) is 70.5 Å². The first-order chi connectivity index (χ1) is 27.9. The molecule has 0 amide bonds. The molecule has 6 heterocycles. The molecule has 6 aromatic heterocycles. The van der Waals surface area contributed by atoms with E-state index in [4.69, 9.17) is 26.8 Å². The van der Waals surface area contributed by atoms with Crippen molar-refractivity contribution in [3.63, 3.8) is 0 Å². The van der Waals surface area contributed by atoms with Crippen molar-refractivity contribution in [3.8, 4) is 103 Å². The second-order valence-corrected chi connectivity index (χ2v) is 12.7. The predicted octanol–water partition coefficient (Wildman–Crippen LogP) is 7.91. The Morgan fingerprint density at radius 1 is 0.316 bits per heavy atom. The van der Waals surface area contributed by atoms with Gasteiger partial charge in [0.05, 0.1) is 0 Å². The van der Waals surface area contributed by atoms with E-state index in [1.54, 1.807) is 39.0 Å². The Balaban J connectivity index is 1.03. The summed E-state index contributed by atoms with van der Waals surface area (Å²) >= 11 is 0. The van der Waals surface area contributed by atoms with Gasteiger partial charge in [-0.25, -0.2) is 0 Å². The van der Waals surface area contributed by atoms with E-state index in [1.165, 1.54) is 0 Å². The fourth-order valence-electron chi connectivity index (χ4n) is 5.99. The molecule has 10 rings (SSSR count). The second-order valence-electron chi connectivity index (χ2n) is 12.7. The van der Waals surface area contributed by atoms with Crippen LogP contribution in [0, 0.1) is 20.8 Å². The van der Waals surface area contributed by atoms with Gasteiger partial charge in [0.1, 0.15) is 0 Å². The molecule has 0 aliphatic carbocycles. The van der Waals surface area contributed by atoms with Gasteiger partial charge in [-0.3, -0.25) is 0 Å². The lowest BCUT2D eigenvalue weighted by molar-refractivity contribution is 0.394. The van der Waals surface area contributed by atoms with E-state index in [2.05, 4.69) is 61.0 Å². The maximum atomic E-state index is 6.24. The molecule has 0 unspecified atom stereocenters. The van der Waals surface area contributed by atoms with E-state index in [0.717, 1.165) is 16.7 Å². The van der Waals surface area contributed by atoms with Crippen LogP contribution in [0.2, 0.25) is 0 Å². The van der Waals surface area contributed by atoms with E-state index in [-0.39, 0.29) is 35.3 Å². The minimum Gasteiger partial charge on any atom is -0.416 e. The molecule has 0 N–H and O–H groups in total. The van der Waals surface area contributed by atoms with Crippen LogP contribution < -0.4 is 0 Å². The second kappa shape index (κ2) is 13.5. The number of hydrogen-bond donors (Lipinski definition) is 0. The predicted molar refractivity (Wildman–Crippen MR) is 197 cm³/mol. The van der Waals surface area contributed by atoms with Crippen LogP contribution in [0.25, 0.3) is 103 Å². The first-order valence-corrected chi connectivity index (χ1v) is 17.3. The van der Waals surface area contributed by atoms with Crippen molar-refractivity contribution in [1.29, 1.82) is 0 Å². The Labute approximate surface area is 319 Å². The summed E-state index contributed by atoms with van der Waals surface area (Å²) in [6, 6.07) is 27.6. The molecule has 10 aromatic rings. The van der Waals surface area contributed by atoms with Gasteiger partial charge in [0.15, 0.2) is 0 Å². The van der Waals surface area contributed by atoms with Crippen molar-refractivity contribution in [2.75, 3.05) is 0 Å². The first-order valence-electron chi connectivity index (χ1n) is 17.3. The molecule has 0 atom stereocenters. The molecule has 0 aliphatic heterocycles. The van der Waals surface area contributed by atoms with Gasteiger partial charge in [0.25, 0.3) is 0 Å². The zero-order valence-electron chi connectivity index (χ0n) is 30.0. The van der Waals surface area contributed by atoms with E-state index in [9.17, 15) is 0 Å². The maximum Gasteiger partial charge on any atom is 0.248 e. The first kappa shape index (κ1) is 33.3. The lowest BCUT2D eigenvalue weighted by Gasteiger charge is -2.04. The molecule has 57 heavy (non-hydrogen) atoms. The average Bonchev–Trinajstić information content (AvgIpc) is 4.10. The SMILES string of the molecule is Cc1nc(-c2cccc(-c3nnc(-c4cc(-c5nnc(-c6cccc(-c7noc(C)n7)c6)o5)cc(-c5nnc(-c6cccc(-c7noc(C)n7)c6)o5)c4)o3)c2)no1. The van der Waals surface area contributed by atoms with Crippen molar-refractivity contribution in [1.82, 2.24) is 61.0 Å². The van der Waals surface area contributed by atoms with Crippen LogP contribution in [0.5, 0.6) is 0 Å². The van der Waals surface area contributed by atoms with Gasteiger partial charge in [-0.15, -0.1) is 30.6 Å². The number of aryl methyl sites for hydroxylation is 3. The molecule has 0 aliphatic rings. The van der Waals surface area contributed by atoms with E-state index >= 15 is 0 Å². The topological polar surface area (TPSA) is 234 Å². The zero-order valence-corrected chi connectivity index (χ0v) is 30.0.